The number of nitrogens with two attached hydrogens (primary N) is 1. The van der Waals surface area contributed by atoms with Crippen LogP contribution in [0, 0.1) is 11.8 Å². The Morgan fingerprint density at radius 3 is 2.00 bits per heavy atom. The van der Waals surface area contributed by atoms with Crippen molar-refractivity contribution in [1.29, 1.82) is 0 Å². The fourth-order valence-electron chi connectivity index (χ4n) is 5.90. The van der Waals surface area contributed by atoms with E-state index in [-0.39, 0.29) is 28.4 Å². The average Bonchev–Trinajstić information content (AvgIpc) is 3.07. The number of morpholine rings is 1. The van der Waals surface area contributed by atoms with Crippen molar-refractivity contribution in [3.63, 3.8) is 0 Å². The summed E-state index contributed by atoms with van der Waals surface area (Å²) in [6.45, 7) is 6.95. The molecule has 1 fully saturated rings. The highest BCUT2D eigenvalue weighted by molar-refractivity contribution is 6.11. The molecule has 0 radical (unpaired) electrons. The first kappa shape index (κ1) is 37.7. The zero-order chi connectivity index (χ0) is 36.4. The number of ether oxygens (including phenoxy) is 1. The van der Waals surface area contributed by atoms with Crippen molar-refractivity contribution in [2.75, 3.05) is 26.3 Å². The lowest BCUT2D eigenvalue weighted by Crippen LogP contribution is -2.63. The van der Waals surface area contributed by atoms with Gasteiger partial charge in [-0.1, -0.05) is 52.0 Å². The molecule has 2 aromatic rings. The molecule has 10 nitrogen and oxygen atoms in total. The number of ketones is 2. The smallest absolute Gasteiger partial charge is 0.378 e. The van der Waals surface area contributed by atoms with Crippen molar-refractivity contribution in [3.8, 4) is 0 Å². The van der Waals surface area contributed by atoms with Crippen molar-refractivity contribution in [3.05, 3.63) is 70.8 Å². The van der Waals surface area contributed by atoms with Gasteiger partial charge < -0.3 is 15.4 Å². The van der Waals surface area contributed by atoms with Crippen LogP contribution in [0.3, 0.4) is 0 Å². The molecule has 0 aliphatic carbocycles. The summed E-state index contributed by atoms with van der Waals surface area (Å²) in [6, 6.07) is 5.00. The minimum Gasteiger partial charge on any atom is -0.378 e. The SMILES string of the molecule is CC(C)C(C(=O)C(F)(F)C(F)(F)F)N(C(=O)c1ccc(C(=O)N2CCOCC2)cc1)C(=O)C1Cc2ccccc2C(C(=O)[C@@H](N)C(C)C)N1. The van der Waals surface area contributed by atoms with Gasteiger partial charge in [-0.15, -0.1) is 0 Å². The number of hydrogen-bond donors (Lipinski definition) is 2. The molecule has 15 heteroatoms. The van der Waals surface area contributed by atoms with E-state index >= 15 is 0 Å². The topological polar surface area (TPSA) is 139 Å². The summed E-state index contributed by atoms with van der Waals surface area (Å²) in [4.78, 5) is 69.6. The second-order valence-corrected chi connectivity index (χ2v) is 12.8. The van der Waals surface area contributed by atoms with E-state index in [9.17, 15) is 45.9 Å². The van der Waals surface area contributed by atoms with Crippen molar-refractivity contribution < 1.29 is 50.7 Å². The van der Waals surface area contributed by atoms with Crippen molar-refractivity contribution in [2.24, 2.45) is 17.6 Å². The predicted molar refractivity (Wildman–Crippen MR) is 167 cm³/mol. The Labute approximate surface area is 280 Å². The van der Waals surface area contributed by atoms with Crippen LogP contribution in [0.25, 0.3) is 0 Å². The zero-order valence-electron chi connectivity index (χ0n) is 27.4. The first-order chi connectivity index (χ1) is 22.9. The molecule has 266 valence electrons. The van der Waals surface area contributed by atoms with Gasteiger partial charge >= 0.3 is 12.1 Å². The van der Waals surface area contributed by atoms with Crippen molar-refractivity contribution in [2.45, 2.75) is 70.4 Å². The third kappa shape index (κ3) is 7.73. The van der Waals surface area contributed by atoms with Crippen molar-refractivity contribution >= 4 is 29.3 Å². The molecular formula is C34H39F5N4O6. The maximum atomic E-state index is 14.7. The maximum Gasteiger partial charge on any atom is 0.461 e. The number of carbonyl (C=O) groups is 5. The van der Waals surface area contributed by atoms with E-state index in [2.05, 4.69) is 5.32 Å². The highest BCUT2D eigenvalue weighted by atomic mass is 19.4. The van der Waals surface area contributed by atoms with Gasteiger partial charge in [-0.25, -0.2) is 0 Å². The number of amides is 3. The second-order valence-electron chi connectivity index (χ2n) is 12.8. The van der Waals surface area contributed by atoms with Crippen LogP contribution in [-0.4, -0.2) is 95.6 Å². The Hall–Kier alpha value is -4.08. The number of fused-ring (bicyclic) bond motifs is 1. The highest BCUT2D eigenvalue weighted by Crippen LogP contribution is 2.39. The van der Waals surface area contributed by atoms with Gasteiger partial charge in [-0.3, -0.25) is 34.2 Å². The van der Waals surface area contributed by atoms with E-state index in [4.69, 9.17) is 10.5 Å². The molecule has 2 aromatic carbocycles. The van der Waals surface area contributed by atoms with Crippen LogP contribution < -0.4 is 11.1 Å². The maximum absolute atomic E-state index is 14.7. The Bertz CT molecular complexity index is 1570. The Morgan fingerprint density at radius 1 is 0.878 bits per heavy atom. The fourth-order valence-corrected chi connectivity index (χ4v) is 5.90. The summed E-state index contributed by atoms with van der Waals surface area (Å²) in [5, 5.41) is 2.84. The van der Waals surface area contributed by atoms with E-state index < -0.39 is 71.5 Å². The van der Waals surface area contributed by atoms with Gasteiger partial charge in [0.25, 0.3) is 11.8 Å². The van der Waals surface area contributed by atoms with Crippen LogP contribution in [0.4, 0.5) is 22.0 Å². The molecule has 49 heavy (non-hydrogen) atoms. The molecule has 4 rings (SSSR count). The van der Waals surface area contributed by atoms with Crippen LogP contribution in [0.1, 0.15) is 65.6 Å². The number of alkyl halides is 5. The van der Waals surface area contributed by atoms with Gasteiger partial charge in [-0.05, 0) is 53.6 Å². The summed E-state index contributed by atoms with van der Waals surface area (Å²) in [7, 11) is 0. The van der Waals surface area contributed by atoms with Gasteiger partial charge in [0.15, 0.2) is 5.78 Å². The first-order valence-corrected chi connectivity index (χ1v) is 15.8. The van der Waals surface area contributed by atoms with Crippen LogP contribution in [-0.2, 0) is 25.5 Å². The molecular weight excluding hydrogens is 655 g/mol. The quantitative estimate of drug-likeness (QED) is 0.284. The molecule has 4 atom stereocenters. The molecule has 3 N–H and O–H groups in total. The Kier molecular flexibility index (Phi) is 11.4. The number of halogens is 5. The van der Waals surface area contributed by atoms with Gasteiger partial charge in [0, 0.05) is 24.2 Å². The Morgan fingerprint density at radius 2 is 1.45 bits per heavy atom. The molecule has 3 unspecified atom stereocenters. The lowest BCUT2D eigenvalue weighted by Gasteiger charge is -2.39. The van der Waals surface area contributed by atoms with Gasteiger partial charge in [0.05, 0.1) is 31.3 Å². The minimum absolute atomic E-state index is 0.126. The second kappa shape index (κ2) is 14.8. The van der Waals surface area contributed by atoms with Crippen LogP contribution in [0.5, 0.6) is 0 Å². The van der Waals surface area contributed by atoms with E-state index in [0.29, 0.717) is 37.4 Å². The van der Waals surface area contributed by atoms with Gasteiger partial charge in [-0.2, -0.15) is 22.0 Å². The minimum atomic E-state index is -6.32. The number of benzene rings is 2. The van der Waals surface area contributed by atoms with E-state index in [0.717, 1.165) is 26.0 Å². The molecule has 2 aliphatic heterocycles. The summed E-state index contributed by atoms with van der Waals surface area (Å²) >= 11 is 0. The molecule has 1 saturated heterocycles. The standard InChI is InChI=1S/C34H39F5N4O6/c1-18(2)25(40)28(44)26-23-8-6-5-7-22(23)17-24(41-26)32(48)43(27(19(3)4)29(45)33(35,36)34(37,38)39)31(47)21-11-9-20(10-12-21)30(46)42-13-15-49-16-14-42/h5-12,18-19,24-27,41H,13-17,40H2,1-4H3/t24?,25-,26?,27?/m0/s1. The molecule has 0 saturated carbocycles. The lowest BCUT2D eigenvalue weighted by molar-refractivity contribution is -0.270. The van der Waals surface area contributed by atoms with Crippen LogP contribution in [0.15, 0.2) is 48.5 Å². The third-order valence-electron chi connectivity index (χ3n) is 8.76. The number of hydrogen-bond acceptors (Lipinski definition) is 8. The molecule has 3 amide bonds. The number of carbonyl (C=O) groups excluding carboxylic acids is 5. The Balaban J connectivity index is 1.78. The summed E-state index contributed by atoms with van der Waals surface area (Å²) in [5.41, 5.74) is 6.88. The van der Waals surface area contributed by atoms with Gasteiger partial charge in [0.1, 0.15) is 6.04 Å². The number of nitrogens with one attached hydrogen (secondary N) is 1. The van der Waals surface area contributed by atoms with Gasteiger partial charge in [0.2, 0.25) is 11.7 Å². The van der Waals surface area contributed by atoms with E-state index in [1.165, 1.54) is 17.0 Å². The molecule has 2 aliphatic rings. The normalized spacial score (nSPS) is 19.6. The van der Waals surface area contributed by atoms with Crippen LogP contribution in [0.2, 0.25) is 0 Å². The average molecular weight is 695 g/mol. The van der Waals surface area contributed by atoms with E-state index in [1.807, 2.05) is 0 Å². The highest BCUT2D eigenvalue weighted by Gasteiger charge is 2.66. The summed E-state index contributed by atoms with van der Waals surface area (Å²) in [6.07, 6.45) is -6.51. The zero-order valence-corrected chi connectivity index (χ0v) is 27.4. The molecule has 0 bridgehead atoms. The number of Topliss-reactive ketones (excluding diaryl/α,β-unsaturated/α-hetero) is 2. The molecule has 0 spiro atoms. The fraction of sp³-hybridized carbons (Fsp3) is 0.500. The number of rotatable bonds is 10. The molecule has 0 aromatic heterocycles. The largest absolute Gasteiger partial charge is 0.461 e. The van der Waals surface area contributed by atoms with E-state index in [1.54, 1.807) is 38.1 Å². The van der Waals surface area contributed by atoms with Crippen LogP contribution >= 0.6 is 0 Å². The number of nitrogens with zero attached hydrogens (tertiary/aromatic N) is 2. The first-order valence-electron chi connectivity index (χ1n) is 15.8. The summed E-state index contributed by atoms with van der Waals surface area (Å²) < 4.78 is 75.1. The monoisotopic (exact) mass is 694 g/mol. The predicted octanol–water partition coefficient (Wildman–Crippen LogP) is 3.73. The third-order valence-corrected chi connectivity index (χ3v) is 8.76. The van der Waals surface area contributed by atoms with Crippen molar-refractivity contribution in [1.82, 2.24) is 15.1 Å². The molecule has 2 heterocycles. The number of imide groups is 1. The summed E-state index contributed by atoms with van der Waals surface area (Å²) in [5.74, 6) is -13.9. The lowest BCUT2D eigenvalue weighted by atomic mass is 9.83.